The first-order chi connectivity index (χ1) is 13.5. The lowest BCUT2D eigenvalue weighted by Crippen LogP contribution is -2.15. The maximum atomic E-state index is 13.1. The predicted octanol–water partition coefficient (Wildman–Crippen LogP) is 5.07. The molecule has 28 heavy (non-hydrogen) atoms. The van der Waals surface area contributed by atoms with Crippen LogP contribution in [0, 0.1) is 13.8 Å². The van der Waals surface area contributed by atoms with Crippen LogP contribution in [-0.2, 0) is 9.59 Å². The van der Waals surface area contributed by atoms with Gasteiger partial charge in [-0.15, -0.1) is 0 Å². The zero-order chi connectivity index (χ0) is 19.7. The van der Waals surface area contributed by atoms with E-state index in [1.54, 1.807) is 12.3 Å². The van der Waals surface area contributed by atoms with Crippen molar-refractivity contribution in [2.24, 2.45) is 0 Å². The summed E-state index contributed by atoms with van der Waals surface area (Å²) < 4.78 is 0. The molecule has 4 rings (SSSR count). The number of pyridine rings is 1. The normalized spacial score (nSPS) is 18.1. The number of hydrogen-bond donors (Lipinski definition) is 0. The van der Waals surface area contributed by atoms with Crippen molar-refractivity contribution < 1.29 is 9.59 Å². The number of carbonyl (C=O) groups is 2. The molecule has 138 valence electrons. The average Bonchev–Trinajstić information content (AvgIpc) is 2.96. The lowest BCUT2D eigenvalue weighted by molar-refractivity contribution is -0.123. The van der Waals surface area contributed by atoms with E-state index in [1.807, 2.05) is 50.2 Å². The van der Waals surface area contributed by atoms with Crippen LogP contribution in [0.15, 0.2) is 72.4 Å². The second-order valence-electron chi connectivity index (χ2n) is 7.25. The third kappa shape index (κ3) is 3.31. The van der Waals surface area contributed by atoms with Gasteiger partial charge in [0.15, 0.2) is 11.6 Å². The molecule has 0 radical (unpaired) electrons. The molecule has 0 amide bonds. The van der Waals surface area contributed by atoms with Crippen LogP contribution in [-0.4, -0.2) is 16.6 Å². The van der Waals surface area contributed by atoms with E-state index < -0.39 is 5.92 Å². The van der Waals surface area contributed by atoms with E-state index in [-0.39, 0.29) is 18.0 Å². The quantitative estimate of drug-likeness (QED) is 0.479. The molecule has 1 unspecified atom stereocenters. The molecule has 1 aromatic heterocycles. The van der Waals surface area contributed by atoms with Gasteiger partial charge < -0.3 is 0 Å². The summed E-state index contributed by atoms with van der Waals surface area (Å²) in [6.45, 7) is 3.96. The van der Waals surface area contributed by atoms with Gasteiger partial charge in [-0.2, -0.15) is 0 Å². The highest BCUT2D eigenvalue weighted by Gasteiger charge is 2.39. The minimum Gasteiger partial charge on any atom is -0.298 e. The fourth-order valence-corrected chi connectivity index (χ4v) is 3.99. The molecule has 0 saturated heterocycles. The molecule has 0 aliphatic heterocycles. The number of Topliss-reactive ketones (excluding diaryl/α,β-unsaturated/α-hetero) is 2. The second-order valence-corrected chi connectivity index (χ2v) is 7.25. The number of carbonyl (C=O) groups excluding carboxylic acids is 2. The molecule has 1 heterocycles. The Kier molecular flexibility index (Phi) is 4.74. The molecule has 1 aliphatic rings. The van der Waals surface area contributed by atoms with Crippen LogP contribution < -0.4 is 0 Å². The zero-order valence-electron chi connectivity index (χ0n) is 16.0. The molecular formula is C25H21NO2. The fourth-order valence-electron chi connectivity index (χ4n) is 3.99. The van der Waals surface area contributed by atoms with Crippen LogP contribution >= 0.6 is 0 Å². The lowest BCUT2D eigenvalue weighted by Gasteiger charge is -2.16. The summed E-state index contributed by atoms with van der Waals surface area (Å²) in [5, 5.41) is 0. The molecule has 3 heteroatoms. The van der Waals surface area contributed by atoms with Crippen LogP contribution in [0.2, 0.25) is 0 Å². The molecular weight excluding hydrogens is 346 g/mol. The van der Waals surface area contributed by atoms with Crippen molar-refractivity contribution in [1.82, 2.24) is 4.98 Å². The van der Waals surface area contributed by atoms with Crippen LogP contribution in [0.25, 0.3) is 17.2 Å². The van der Waals surface area contributed by atoms with E-state index in [4.69, 9.17) is 0 Å². The topological polar surface area (TPSA) is 47.0 Å². The van der Waals surface area contributed by atoms with Crippen molar-refractivity contribution in [2.75, 3.05) is 0 Å². The van der Waals surface area contributed by atoms with E-state index in [0.717, 1.165) is 27.8 Å². The molecule has 1 aliphatic carbocycles. The summed E-state index contributed by atoms with van der Waals surface area (Å²) in [7, 11) is 0. The second kappa shape index (κ2) is 7.35. The van der Waals surface area contributed by atoms with Crippen LogP contribution in [0.4, 0.5) is 0 Å². The fraction of sp³-hybridized carbons (Fsp3) is 0.160. The van der Waals surface area contributed by atoms with Gasteiger partial charge in [0.1, 0.15) is 5.92 Å². The Hall–Kier alpha value is -3.33. The third-order valence-corrected chi connectivity index (χ3v) is 5.26. The van der Waals surface area contributed by atoms with E-state index in [2.05, 4.69) is 29.2 Å². The summed E-state index contributed by atoms with van der Waals surface area (Å²) in [5.74, 6) is -0.847. The number of aryl methyl sites for hydroxylation is 2. The van der Waals surface area contributed by atoms with Crippen molar-refractivity contribution in [1.29, 1.82) is 0 Å². The van der Waals surface area contributed by atoms with Crippen molar-refractivity contribution >= 4 is 17.6 Å². The Morgan fingerprint density at radius 1 is 0.893 bits per heavy atom. The smallest absolute Gasteiger partial charge is 0.174 e. The van der Waals surface area contributed by atoms with Gasteiger partial charge in [-0.25, -0.2) is 0 Å². The third-order valence-electron chi connectivity index (χ3n) is 5.26. The highest BCUT2D eigenvalue weighted by Crippen LogP contribution is 2.37. The Labute approximate surface area is 164 Å². The predicted molar refractivity (Wildman–Crippen MR) is 111 cm³/mol. The number of rotatable bonds is 3. The molecule has 1 saturated carbocycles. The van der Waals surface area contributed by atoms with Gasteiger partial charge in [0, 0.05) is 18.2 Å². The molecule has 3 aromatic rings. The summed E-state index contributed by atoms with van der Waals surface area (Å²) in [5.41, 5.74) is 6.27. The van der Waals surface area contributed by atoms with Gasteiger partial charge >= 0.3 is 0 Å². The Morgan fingerprint density at radius 3 is 2.21 bits per heavy atom. The standard InChI is InChI=1S/C25H21NO2/c1-16-12-19(18-8-4-3-5-9-18)13-17(2)23(16)24-22(27)15-20(25(24)28)14-21-10-6-7-11-26-21/h3-14,24H,15H2,1-2H3/b20-14+. The molecule has 0 N–H and O–H groups in total. The molecule has 1 fully saturated rings. The van der Waals surface area contributed by atoms with Crippen molar-refractivity contribution in [3.63, 3.8) is 0 Å². The summed E-state index contributed by atoms with van der Waals surface area (Å²) in [4.78, 5) is 30.1. The first-order valence-corrected chi connectivity index (χ1v) is 9.39. The number of allylic oxidation sites excluding steroid dienone is 1. The monoisotopic (exact) mass is 367 g/mol. The first-order valence-electron chi connectivity index (χ1n) is 9.39. The number of benzene rings is 2. The number of nitrogens with zero attached hydrogens (tertiary/aromatic N) is 1. The van der Waals surface area contributed by atoms with Crippen LogP contribution in [0.1, 0.15) is 34.7 Å². The van der Waals surface area contributed by atoms with Gasteiger partial charge in [-0.1, -0.05) is 48.5 Å². The minimum absolute atomic E-state index is 0.0363. The van der Waals surface area contributed by atoms with Crippen LogP contribution in [0.5, 0.6) is 0 Å². The Balaban J connectivity index is 1.72. The molecule has 0 bridgehead atoms. The van der Waals surface area contributed by atoms with E-state index in [1.165, 1.54) is 0 Å². The lowest BCUT2D eigenvalue weighted by atomic mass is 9.86. The highest BCUT2D eigenvalue weighted by molar-refractivity contribution is 6.24. The van der Waals surface area contributed by atoms with E-state index in [0.29, 0.717) is 11.3 Å². The Morgan fingerprint density at radius 2 is 1.57 bits per heavy atom. The summed E-state index contributed by atoms with van der Waals surface area (Å²) in [6, 6.07) is 19.8. The molecule has 1 atom stereocenters. The van der Waals surface area contributed by atoms with Crippen molar-refractivity contribution in [2.45, 2.75) is 26.2 Å². The number of ketones is 2. The van der Waals surface area contributed by atoms with Gasteiger partial charge in [0.05, 0.1) is 5.69 Å². The highest BCUT2D eigenvalue weighted by atomic mass is 16.2. The maximum Gasteiger partial charge on any atom is 0.174 e. The number of aromatic nitrogens is 1. The van der Waals surface area contributed by atoms with E-state index in [9.17, 15) is 9.59 Å². The number of hydrogen-bond acceptors (Lipinski definition) is 3. The first kappa shape index (κ1) is 18.1. The van der Waals surface area contributed by atoms with Crippen molar-refractivity contribution in [3.05, 3.63) is 94.8 Å². The SMILES string of the molecule is Cc1cc(-c2ccccc2)cc(C)c1C1C(=O)C/C(=C\c2ccccn2)C1=O. The largest absolute Gasteiger partial charge is 0.298 e. The molecule has 2 aromatic carbocycles. The van der Waals surface area contributed by atoms with Crippen LogP contribution in [0.3, 0.4) is 0 Å². The van der Waals surface area contributed by atoms with Gasteiger partial charge in [-0.05, 0) is 59.9 Å². The average molecular weight is 367 g/mol. The van der Waals surface area contributed by atoms with Gasteiger partial charge in [0.25, 0.3) is 0 Å². The van der Waals surface area contributed by atoms with E-state index >= 15 is 0 Å². The summed E-state index contributed by atoms with van der Waals surface area (Å²) in [6.07, 6.45) is 3.59. The Bertz CT molecular complexity index is 1060. The molecule has 3 nitrogen and oxygen atoms in total. The minimum atomic E-state index is -0.709. The molecule has 0 spiro atoms. The zero-order valence-corrected chi connectivity index (χ0v) is 16.0. The van der Waals surface area contributed by atoms with Crippen molar-refractivity contribution in [3.8, 4) is 11.1 Å². The van der Waals surface area contributed by atoms with Gasteiger partial charge in [0.2, 0.25) is 0 Å². The maximum absolute atomic E-state index is 13.1. The van der Waals surface area contributed by atoms with Gasteiger partial charge in [-0.3, -0.25) is 14.6 Å². The summed E-state index contributed by atoms with van der Waals surface area (Å²) >= 11 is 0.